The van der Waals surface area contributed by atoms with Crippen LogP contribution in [0.5, 0.6) is 0 Å². The minimum atomic E-state index is 0.183. The highest BCUT2D eigenvalue weighted by Gasteiger charge is 2.19. The van der Waals surface area contributed by atoms with E-state index < -0.39 is 0 Å². The molecule has 1 atom stereocenters. The van der Waals surface area contributed by atoms with Crippen LogP contribution in [0.1, 0.15) is 11.1 Å². The molecule has 2 aliphatic rings. The third kappa shape index (κ3) is 2.96. The van der Waals surface area contributed by atoms with Gasteiger partial charge in [0.1, 0.15) is 0 Å². The van der Waals surface area contributed by atoms with Crippen LogP contribution in [0, 0.1) is 0 Å². The first kappa shape index (κ1) is 19.2. The van der Waals surface area contributed by atoms with Crippen LogP contribution in [0.15, 0.2) is 115 Å². The Morgan fingerprint density at radius 3 is 2.09 bits per heavy atom. The molecule has 1 aromatic heterocycles. The normalized spacial score (nSPS) is 16.6. The van der Waals surface area contributed by atoms with Crippen LogP contribution in [0.3, 0.4) is 0 Å². The summed E-state index contributed by atoms with van der Waals surface area (Å²) < 4.78 is 2.30. The molecule has 0 amide bonds. The highest BCUT2D eigenvalue weighted by atomic mass is 14.9. The Labute approximate surface area is 199 Å². The number of allylic oxidation sites excluding steroid dienone is 4. The number of benzene rings is 4. The van der Waals surface area contributed by atoms with Gasteiger partial charge in [-0.25, -0.2) is 0 Å². The van der Waals surface area contributed by atoms with Crippen molar-refractivity contribution >= 4 is 38.6 Å². The van der Waals surface area contributed by atoms with Gasteiger partial charge < -0.3 is 9.88 Å². The lowest BCUT2D eigenvalue weighted by Crippen LogP contribution is -2.18. The number of nitrogens with zero attached hydrogens (tertiary/aromatic N) is 1. The van der Waals surface area contributed by atoms with Crippen molar-refractivity contribution < 1.29 is 0 Å². The number of hydrogen-bond donors (Lipinski definition) is 1. The summed E-state index contributed by atoms with van der Waals surface area (Å²) in [4.78, 5) is 0. The van der Waals surface area contributed by atoms with Crippen molar-refractivity contribution in [1.82, 2.24) is 4.57 Å². The Morgan fingerprint density at radius 1 is 0.618 bits per heavy atom. The molecular weight excluding hydrogens is 412 g/mol. The average Bonchev–Trinajstić information content (AvgIpc) is 3.05. The van der Waals surface area contributed by atoms with Crippen LogP contribution in [-0.2, 0) is 7.05 Å². The molecule has 2 heterocycles. The maximum Gasteiger partial charge on any atom is 0.0646 e. The van der Waals surface area contributed by atoms with Gasteiger partial charge in [-0.2, -0.15) is 0 Å². The predicted molar refractivity (Wildman–Crippen MR) is 145 cm³/mol. The number of aryl methyl sites for hydroxylation is 1. The molecule has 0 saturated carbocycles. The molecular formula is C32H24N2. The summed E-state index contributed by atoms with van der Waals surface area (Å²) >= 11 is 0. The smallest absolute Gasteiger partial charge is 0.0646 e. The largest absolute Gasteiger partial charge is 0.375 e. The molecule has 34 heavy (non-hydrogen) atoms. The second-order valence-electron chi connectivity index (χ2n) is 9.18. The molecule has 2 nitrogen and oxygen atoms in total. The number of para-hydroxylation sites is 1. The van der Waals surface area contributed by atoms with Crippen LogP contribution < -0.4 is 5.32 Å². The summed E-state index contributed by atoms with van der Waals surface area (Å²) in [6.45, 7) is 0. The van der Waals surface area contributed by atoms with Gasteiger partial charge in [0.2, 0.25) is 0 Å². The maximum atomic E-state index is 3.67. The minimum Gasteiger partial charge on any atom is -0.375 e. The van der Waals surface area contributed by atoms with Crippen molar-refractivity contribution in [2.24, 2.45) is 7.05 Å². The van der Waals surface area contributed by atoms with E-state index in [1.807, 2.05) is 0 Å². The van der Waals surface area contributed by atoms with E-state index in [4.69, 9.17) is 0 Å². The van der Waals surface area contributed by atoms with Crippen molar-refractivity contribution in [3.63, 3.8) is 0 Å². The monoisotopic (exact) mass is 436 g/mol. The lowest BCUT2D eigenvalue weighted by Gasteiger charge is -2.22. The first-order valence-corrected chi connectivity index (χ1v) is 11.8. The Balaban J connectivity index is 1.36. The van der Waals surface area contributed by atoms with Crippen molar-refractivity contribution in [1.29, 1.82) is 0 Å². The van der Waals surface area contributed by atoms with E-state index in [9.17, 15) is 0 Å². The second-order valence-corrected chi connectivity index (χ2v) is 9.18. The van der Waals surface area contributed by atoms with Gasteiger partial charge >= 0.3 is 0 Å². The number of fused-ring (bicyclic) bond motifs is 6. The molecule has 4 aromatic carbocycles. The summed E-state index contributed by atoms with van der Waals surface area (Å²) in [5.41, 5.74) is 11.3. The third-order valence-corrected chi connectivity index (χ3v) is 7.17. The van der Waals surface area contributed by atoms with E-state index >= 15 is 0 Å². The van der Waals surface area contributed by atoms with Gasteiger partial charge in [-0.3, -0.25) is 0 Å². The van der Waals surface area contributed by atoms with Crippen molar-refractivity contribution in [3.05, 3.63) is 126 Å². The molecule has 5 aromatic rings. The SMILES string of the molecule is Cn1c2ccc(C3=CC4C=C(C=C3)c3ccccc3N4)cc2c2cc(-c3ccccc3)ccc21. The molecule has 7 rings (SSSR count). The Morgan fingerprint density at radius 2 is 1.26 bits per heavy atom. The topological polar surface area (TPSA) is 17.0 Å². The molecule has 2 bridgehead atoms. The quantitative estimate of drug-likeness (QED) is 0.298. The standard InChI is InChI=1S/C32H24N2/c1-34-31-15-13-23(21-7-3-2-4-8-21)19-28(31)29-20-24(14-16-32(29)34)22-11-12-25-18-26(17-22)33-30-10-6-5-9-27(25)30/h2-20,26,33H,1H3. The zero-order valence-electron chi connectivity index (χ0n) is 19.0. The summed E-state index contributed by atoms with van der Waals surface area (Å²) in [7, 11) is 2.16. The molecule has 2 heteroatoms. The molecule has 162 valence electrons. The lowest BCUT2D eigenvalue weighted by molar-refractivity contribution is 1.01. The summed E-state index contributed by atoms with van der Waals surface area (Å²) in [5.74, 6) is 0. The molecule has 1 aliphatic carbocycles. The van der Waals surface area contributed by atoms with Gasteiger partial charge in [0.15, 0.2) is 0 Å². The highest BCUT2D eigenvalue weighted by molar-refractivity contribution is 6.10. The van der Waals surface area contributed by atoms with Crippen LogP contribution in [0.2, 0.25) is 0 Å². The van der Waals surface area contributed by atoms with E-state index in [1.54, 1.807) is 0 Å². The van der Waals surface area contributed by atoms with Crippen LogP contribution >= 0.6 is 0 Å². The Kier molecular flexibility index (Phi) is 4.16. The average molecular weight is 437 g/mol. The highest BCUT2D eigenvalue weighted by Crippen LogP contribution is 2.37. The molecule has 0 radical (unpaired) electrons. The van der Waals surface area contributed by atoms with Gasteiger partial charge in [0.05, 0.1) is 6.04 Å². The molecule has 1 aliphatic heterocycles. The first-order chi connectivity index (χ1) is 16.7. The van der Waals surface area contributed by atoms with Crippen LogP contribution in [0.25, 0.3) is 44.1 Å². The van der Waals surface area contributed by atoms with Crippen LogP contribution in [-0.4, -0.2) is 10.6 Å². The fourth-order valence-corrected chi connectivity index (χ4v) is 5.43. The number of anilines is 1. The zero-order chi connectivity index (χ0) is 22.6. The fraction of sp³-hybridized carbons (Fsp3) is 0.0625. The van der Waals surface area contributed by atoms with E-state index in [0.717, 1.165) is 0 Å². The summed E-state index contributed by atoms with van der Waals surface area (Å²) in [6, 6.07) is 33.0. The van der Waals surface area contributed by atoms with E-state index in [1.165, 1.54) is 60.9 Å². The number of hydrogen-bond acceptors (Lipinski definition) is 1. The molecule has 1 unspecified atom stereocenters. The van der Waals surface area contributed by atoms with Crippen LogP contribution in [0.4, 0.5) is 5.69 Å². The first-order valence-electron chi connectivity index (χ1n) is 11.8. The second kappa shape index (κ2) is 7.36. The number of nitrogens with one attached hydrogen (secondary N) is 1. The van der Waals surface area contributed by atoms with Gasteiger partial charge in [-0.15, -0.1) is 0 Å². The Hall–Kier alpha value is -4.30. The molecule has 0 saturated heterocycles. The molecule has 0 spiro atoms. The van der Waals surface area contributed by atoms with Crippen molar-refractivity contribution in [2.45, 2.75) is 6.04 Å². The number of aromatic nitrogens is 1. The van der Waals surface area contributed by atoms with E-state index in [0.29, 0.717) is 0 Å². The minimum absolute atomic E-state index is 0.183. The fourth-order valence-electron chi connectivity index (χ4n) is 5.43. The van der Waals surface area contributed by atoms with Crippen molar-refractivity contribution in [3.8, 4) is 11.1 Å². The van der Waals surface area contributed by atoms with E-state index in [2.05, 4.69) is 132 Å². The van der Waals surface area contributed by atoms with E-state index in [-0.39, 0.29) is 6.04 Å². The zero-order valence-corrected chi connectivity index (χ0v) is 19.0. The summed E-state index contributed by atoms with van der Waals surface area (Å²) in [5, 5.41) is 6.26. The Bertz CT molecular complexity index is 1680. The molecule has 0 fully saturated rings. The van der Waals surface area contributed by atoms with Gasteiger partial charge in [-0.1, -0.05) is 85.0 Å². The number of rotatable bonds is 2. The summed E-state index contributed by atoms with van der Waals surface area (Å²) in [6.07, 6.45) is 9.17. The van der Waals surface area contributed by atoms with Crippen molar-refractivity contribution in [2.75, 3.05) is 5.32 Å². The predicted octanol–water partition coefficient (Wildman–Crippen LogP) is 7.83. The van der Waals surface area contributed by atoms with Gasteiger partial charge in [0.25, 0.3) is 0 Å². The maximum absolute atomic E-state index is 3.67. The van der Waals surface area contributed by atoms with Gasteiger partial charge in [0, 0.05) is 40.1 Å². The lowest BCUT2D eigenvalue weighted by atomic mass is 9.97. The molecule has 1 N–H and O–H groups in total. The third-order valence-electron chi connectivity index (χ3n) is 7.17. The van der Waals surface area contributed by atoms with Gasteiger partial charge in [-0.05, 0) is 58.2 Å².